The number of carboxylic acid groups (broad SMARTS) is 1. The second kappa shape index (κ2) is 6.50. The van der Waals surface area contributed by atoms with Gasteiger partial charge in [0.15, 0.2) is 0 Å². The monoisotopic (exact) mass is 256 g/mol. The molecule has 0 aromatic carbocycles. The molecule has 1 unspecified atom stereocenters. The molecule has 5 nitrogen and oxygen atoms in total. The van der Waals surface area contributed by atoms with Crippen LogP contribution in [0.15, 0.2) is 0 Å². The zero-order valence-electron chi connectivity index (χ0n) is 11.2. The number of nitrogens with zero attached hydrogens (tertiary/aromatic N) is 2. The van der Waals surface area contributed by atoms with Crippen LogP contribution in [0.5, 0.6) is 0 Å². The molecule has 1 atom stereocenters. The normalized spacial score (nSPS) is 28.4. The lowest BCUT2D eigenvalue weighted by Crippen LogP contribution is -2.51. The van der Waals surface area contributed by atoms with Crippen LogP contribution in [-0.2, 0) is 9.53 Å². The van der Waals surface area contributed by atoms with E-state index in [1.165, 1.54) is 25.9 Å². The molecule has 18 heavy (non-hydrogen) atoms. The Balaban J connectivity index is 1.80. The summed E-state index contributed by atoms with van der Waals surface area (Å²) in [6.07, 6.45) is 2.41. The van der Waals surface area contributed by atoms with E-state index >= 15 is 0 Å². The van der Waals surface area contributed by atoms with Gasteiger partial charge >= 0.3 is 5.97 Å². The van der Waals surface area contributed by atoms with Crippen molar-refractivity contribution in [2.45, 2.75) is 38.3 Å². The number of rotatable bonds is 4. The Morgan fingerprint density at radius 1 is 1.33 bits per heavy atom. The lowest BCUT2D eigenvalue weighted by Gasteiger charge is -2.41. The Morgan fingerprint density at radius 2 is 2.06 bits per heavy atom. The summed E-state index contributed by atoms with van der Waals surface area (Å²) < 4.78 is 5.52. The zero-order valence-corrected chi connectivity index (χ0v) is 11.2. The second-order valence-corrected chi connectivity index (χ2v) is 5.25. The first-order valence-electron chi connectivity index (χ1n) is 6.99. The number of carboxylic acids is 1. The highest BCUT2D eigenvalue weighted by molar-refractivity contribution is 5.67. The molecule has 0 aliphatic carbocycles. The predicted molar refractivity (Wildman–Crippen MR) is 68.7 cm³/mol. The van der Waals surface area contributed by atoms with Gasteiger partial charge in [0.25, 0.3) is 0 Å². The minimum absolute atomic E-state index is 0.125. The van der Waals surface area contributed by atoms with Gasteiger partial charge in [-0.2, -0.15) is 0 Å². The molecule has 0 aromatic heterocycles. The molecule has 2 aliphatic rings. The third-order valence-electron chi connectivity index (χ3n) is 4.09. The van der Waals surface area contributed by atoms with E-state index in [4.69, 9.17) is 9.84 Å². The van der Waals surface area contributed by atoms with Gasteiger partial charge in [0, 0.05) is 19.1 Å². The van der Waals surface area contributed by atoms with Crippen molar-refractivity contribution in [3.05, 3.63) is 0 Å². The summed E-state index contributed by atoms with van der Waals surface area (Å²) >= 11 is 0. The fraction of sp³-hybridized carbons (Fsp3) is 0.923. The fourth-order valence-electron chi connectivity index (χ4n) is 2.99. The SMILES string of the molecule is CCN1CCC(N2CCOC(CC(=O)O)C2)CC1. The molecule has 2 fully saturated rings. The van der Waals surface area contributed by atoms with E-state index in [9.17, 15) is 4.79 Å². The molecule has 0 radical (unpaired) electrons. The summed E-state index contributed by atoms with van der Waals surface area (Å²) in [6, 6.07) is 0.619. The van der Waals surface area contributed by atoms with Crippen LogP contribution in [0.4, 0.5) is 0 Å². The highest BCUT2D eigenvalue weighted by Crippen LogP contribution is 2.20. The number of aliphatic carboxylic acids is 1. The molecule has 0 amide bonds. The Hall–Kier alpha value is -0.650. The predicted octanol–water partition coefficient (Wildman–Crippen LogP) is 0.646. The minimum atomic E-state index is -0.761. The van der Waals surface area contributed by atoms with E-state index < -0.39 is 5.97 Å². The average Bonchev–Trinajstić information content (AvgIpc) is 2.38. The summed E-state index contributed by atoms with van der Waals surface area (Å²) in [4.78, 5) is 15.6. The van der Waals surface area contributed by atoms with Crippen molar-refractivity contribution in [1.82, 2.24) is 9.80 Å². The lowest BCUT2D eigenvalue weighted by atomic mass is 10.0. The molecule has 2 rings (SSSR count). The maximum atomic E-state index is 10.7. The molecule has 5 heteroatoms. The summed E-state index contributed by atoms with van der Waals surface area (Å²) in [5, 5.41) is 8.82. The van der Waals surface area contributed by atoms with E-state index in [1.807, 2.05) is 0 Å². The van der Waals surface area contributed by atoms with E-state index in [2.05, 4.69) is 16.7 Å². The van der Waals surface area contributed by atoms with Crippen LogP contribution in [-0.4, -0.2) is 72.4 Å². The Bertz CT molecular complexity index is 277. The summed E-state index contributed by atoms with van der Waals surface area (Å²) in [7, 11) is 0. The van der Waals surface area contributed by atoms with Crippen molar-refractivity contribution in [3.8, 4) is 0 Å². The van der Waals surface area contributed by atoms with Crippen molar-refractivity contribution in [3.63, 3.8) is 0 Å². The standard InChI is InChI=1S/C13H24N2O3/c1-2-14-5-3-11(4-6-14)15-7-8-18-12(10-15)9-13(16)17/h11-12H,2-10H2,1H3,(H,16,17). The van der Waals surface area contributed by atoms with Gasteiger partial charge in [-0.25, -0.2) is 0 Å². The molecule has 0 spiro atoms. The van der Waals surface area contributed by atoms with E-state index in [-0.39, 0.29) is 12.5 Å². The average molecular weight is 256 g/mol. The number of ether oxygens (including phenoxy) is 1. The molecular weight excluding hydrogens is 232 g/mol. The maximum Gasteiger partial charge on any atom is 0.306 e. The van der Waals surface area contributed by atoms with Gasteiger partial charge < -0.3 is 14.7 Å². The second-order valence-electron chi connectivity index (χ2n) is 5.25. The van der Waals surface area contributed by atoms with Crippen LogP contribution >= 0.6 is 0 Å². The topological polar surface area (TPSA) is 53.0 Å². The molecule has 2 heterocycles. The highest BCUT2D eigenvalue weighted by Gasteiger charge is 2.29. The first kappa shape index (κ1) is 13.8. The zero-order chi connectivity index (χ0) is 13.0. The number of piperidine rings is 1. The van der Waals surface area contributed by atoms with Gasteiger partial charge in [-0.05, 0) is 32.5 Å². The molecule has 0 aromatic rings. The molecule has 2 aliphatic heterocycles. The van der Waals surface area contributed by atoms with Gasteiger partial charge in [-0.15, -0.1) is 0 Å². The number of likely N-dealkylation sites (tertiary alicyclic amines) is 1. The quantitative estimate of drug-likeness (QED) is 0.800. The lowest BCUT2D eigenvalue weighted by molar-refractivity contribution is -0.142. The molecular formula is C13H24N2O3. The van der Waals surface area contributed by atoms with Crippen LogP contribution in [0.1, 0.15) is 26.2 Å². The van der Waals surface area contributed by atoms with Gasteiger partial charge in [-0.1, -0.05) is 6.92 Å². The van der Waals surface area contributed by atoms with Crippen molar-refractivity contribution in [2.75, 3.05) is 39.3 Å². The number of carbonyl (C=O) groups is 1. The Labute approximate surface area is 109 Å². The summed E-state index contributed by atoms with van der Waals surface area (Å²) in [5.74, 6) is -0.761. The van der Waals surface area contributed by atoms with E-state index in [0.29, 0.717) is 12.6 Å². The van der Waals surface area contributed by atoms with Gasteiger partial charge in [0.2, 0.25) is 0 Å². The molecule has 104 valence electrons. The number of morpholine rings is 1. The smallest absolute Gasteiger partial charge is 0.306 e. The first-order chi connectivity index (χ1) is 8.69. The third kappa shape index (κ3) is 3.67. The molecule has 0 saturated carbocycles. The van der Waals surface area contributed by atoms with Crippen molar-refractivity contribution >= 4 is 5.97 Å². The summed E-state index contributed by atoms with van der Waals surface area (Å²) in [6.45, 7) is 8.08. The van der Waals surface area contributed by atoms with Gasteiger partial charge in [0.1, 0.15) is 0 Å². The van der Waals surface area contributed by atoms with Crippen LogP contribution in [0.25, 0.3) is 0 Å². The van der Waals surface area contributed by atoms with Crippen molar-refractivity contribution < 1.29 is 14.6 Å². The Kier molecular flexibility index (Phi) is 4.97. The van der Waals surface area contributed by atoms with Crippen LogP contribution < -0.4 is 0 Å². The molecule has 2 saturated heterocycles. The third-order valence-corrected chi connectivity index (χ3v) is 4.09. The van der Waals surface area contributed by atoms with Gasteiger partial charge in [0.05, 0.1) is 19.1 Å². The summed E-state index contributed by atoms with van der Waals surface area (Å²) in [5.41, 5.74) is 0. The van der Waals surface area contributed by atoms with Gasteiger partial charge in [-0.3, -0.25) is 9.69 Å². The molecule has 0 bridgehead atoms. The van der Waals surface area contributed by atoms with E-state index in [0.717, 1.165) is 19.6 Å². The first-order valence-corrected chi connectivity index (χ1v) is 6.99. The Morgan fingerprint density at radius 3 is 2.67 bits per heavy atom. The number of hydrogen-bond acceptors (Lipinski definition) is 4. The largest absolute Gasteiger partial charge is 0.481 e. The maximum absolute atomic E-state index is 10.7. The van der Waals surface area contributed by atoms with Crippen molar-refractivity contribution in [1.29, 1.82) is 0 Å². The highest BCUT2D eigenvalue weighted by atomic mass is 16.5. The van der Waals surface area contributed by atoms with Crippen LogP contribution in [0.2, 0.25) is 0 Å². The molecule has 1 N–H and O–H groups in total. The number of hydrogen-bond donors (Lipinski definition) is 1. The van der Waals surface area contributed by atoms with Crippen molar-refractivity contribution in [2.24, 2.45) is 0 Å². The van der Waals surface area contributed by atoms with Crippen LogP contribution in [0, 0.1) is 0 Å². The fourth-order valence-corrected chi connectivity index (χ4v) is 2.99. The van der Waals surface area contributed by atoms with E-state index in [1.54, 1.807) is 0 Å². The minimum Gasteiger partial charge on any atom is -0.481 e. The van der Waals surface area contributed by atoms with Crippen LogP contribution in [0.3, 0.4) is 0 Å².